The van der Waals surface area contributed by atoms with Gasteiger partial charge in [0.2, 0.25) is 15.9 Å². The third-order valence-corrected chi connectivity index (χ3v) is 10.8. The van der Waals surface area contributed by atoms with E-state index in [1.807, 2.05) is 26.8 Å². The number of hydrogen-bond acceptors (Lipinski definition) is 8. The Bertz CT molecular complexity index is 1770. The highest BCUT2D eigenvalue weighted by molar-refractivity contribution is 8.01. The molecular weight excluding hydrogens is 673 g/mol. The van der Waals surface area contributed by atoms with Crippen molar-refractivity contribution < 1.29 is 27.9 Å². The van der Waals surface area contributed by atoms with Gasteiger partial charge in [-0.2, -0.15) is 21.3 Å². The first kappa shape index (κ1) is 35.2. The Balaban J connectivity index is 1.51. The van der Waals surface area contributed by atoms with Crippen LogP contribution in [0.5, 0.6) is 0 Å². The third-order valence-electron chi connectivity index (χ3n) is 6.96. The van der Waals surface area contributed by atoms with Crippen molar-refractivity contribution in [3.63, 3.8) is 0 Å². The zero-order chi connectivity index (χ0) is 33.8. The second-order valence-corrected chi connectivity index (χ2v) is 16.4. The van der Waals surface area contributed by atoms with Crippen molar-refractivity contribution in [2.75, 3.05) is 11.9 Å². The number of carbonyl (C=O) groups is 3. The molecule has 0 bridgehead atoms. The lowest BCUT2D eigenvalue weighted by Gasteiger charge is -2.25. The van der Waals surface area contributed by atoms with E-state index in [1.54, 1.807) is 24.3 Å². The largest absolute Gasteiger partial charge is 0.480 e. The number of carboxylic acids is 1. The Hall–Kier alpha value is -3.67. The summed E-state index contributed by atoms with van der Waals surface area (Å²) < 4.78 is 28.4. The van der Waals surface area contributed by atoms with E-state index >= 15 is 0 Å². The summed E-state index contributed by atoms with van der Waals surface area (Å²) in [6.07, 6.45) is 2.65. The van der Waals surface area contributed by atoms with Crippen LogP contribution in [-0.2, 0) is 26.0 Å². The highest BCUT2D eigenvalue weighted by atomic mass is 35.5. The van der Waals surface area contributed by atoms with Crippen LogP contribution in [0.3, 0.4) is 0 Å². The van der Waals surface area contributed by atoms with E-state index in [1.165, 1.54) is 48.4 Å². The van der Waals surface area contributed by atoms with E-state index in [0.717, 1.165) is 4.31 Å². The summed E-state index contributed by atoms with van der Waals surface area (Å²) in [6, 6.07) is 11.3. The molecule has 1 fully saturated rings. The summed E-state index contributed by atoms with van der Waals surface area (Å²) >= 11 is 13.7. The average molecular weight is 705 g/mol. The lowest BCUT2D eigenvalue weighted by Crippen LogP contribution is -2.51. The molecule has 0 saturated carbocycles. The van der Waals surface area contributed by atoms with Gasteiger partial charge in [0.05, 0.1) is 32.1 Å². The van der Waals surface area contributed by atoms with Crippen LogP contribution in [-0.4, -0.2) is 69.2 Å². The fourth-order valence-electron chi connectivity index (χ4n) is 4.97. The standard InChI is InChI=1S/C31H31Cl2N5O6S2/c1-31(2,3)45-21-13-26(38(17-21)46(43,44)22-6-4-5-19(11-22)14-34)28(39)37-25(30(41)42)12-18-7-9-20(10-8-18)36-29(40)27-23(32)15-35-16-24(27)33/h4-11,15-16,21,25-26H,12-13,17H2,1-3H3,(H,36,40)(H,37,39)(H,41,42)/t21-,25+,26+/m1/s1. The van der Waals surface area contributed by atoms with E-state index in [4.69, 9.17) is 23.2 Å². The van der Waals surface area contributed by atoms with Crippen LogP contribution < -0.4 is 10.6 Å². The lowest BCUT2D eigenvalue weighted by molar-refractivity contribution is -0.142. The number of anilines is 1. The smallest absolute Gasteiger partial charge is 0.326 e. The molecule has 242 valence electrons. The fraction of sp³-hybridized carbons (Fsp3) is 0.323. The summed E-state index contributed by atoms with van der Waals surface area (Å²) in [6.45, 7) is 6.00. The van der Waals surface area contributed by atoms with Crippen LogP contribution >= 0.6 is 35.0 Å². The first-order valence-corrected chi connectivity index (χ1v) is 17.1. The second-order valence-electron chi connectivity index (χ2n) is 11.6. The molecule has 3 N–H and O–H groups in total. The number of rotatable bonds is 10. The molecule has 2 heterocycles. The minimum Gasteiger partial charge on any atom is -0.480 e. The maximum absolute atomic E-state index is 13.7. The zero-order valence-electron chi connectivity index (χ0n) is 25.0. The molecule has 3 aromatic rings. The molecule has 3 atom stereocenters. The molecule has 0 spiro atoms. The first-order valence-electron chi connectivity index (χ1n) is 14.0. The molecule has 4 rings (SSSR count). The number of thioether (sulfide) groups is 1. The minimum atomic E-state index is -4.20. The van der Waals surface area contributed by atoms with Crippen molar-refractivity contribution in [3.05, 3.63) is 87.7 Å². The van der Waals surface area contributed by atoms with Gasteiger partial charge in [-0.1, -0.05) is 62.2 Å². The molecular formula is C31H31Cl2N5O6S2. The quantitative estimate of drug-likeness (QED) is 0.263. The predicted molar refractivity (Wildman–Crippen MR) is 177 cm³/mol. The highest BCUT2D eigenvalue weighted by Gasteiger charge is 2.45. The summed E-state index contributed by atoms with van der Waals surface area (Å²) in [4.78, 5) is 42.2. The molecule has 1 aliphatic rings. The van der Waals surface area contributed by atoms with Gasteiger partial charge in [-0.05, 0) is 42.3 Å². The number of amides is 2. The maximum atomic E-state index is 13.7. The second kappa shape index (κ2) is 14.4. The number of nitriles is 1. The van der Waals surface area contributed by atoms with Gasteiger partial charge < -0.3 is 15.7 Å². The number of carboxylic acid groups (broad SMARTS) is 1. The molecule has 0 unspecified atom stereocenters. The SMILES string of the molecule is CC(C)(C)S[C@@H]1C[C@@H](C(=O)N[C@@H](Cc2ccc(NC(=O)c3c(Cl)cncc3Cl)cc2)C(=O)O)N(S(=O)(=O)c2cccc(C#N)c2)C1. The number of carbonyl (C=O) groups excluding carboxylic acids is 2. The van der Waals surface area contributed by atoms with Crippen LogP contribution in [0.25, 0.3) is 0 Å². The first-order chi connectivity index (χ1) is 21.6. The number of aromatic nitrogens is 1. The Morgan fingerprint density at radius 3 is 2.37 bits per heavy atom. The van der Waals surface area contributed by atoms with Gasteiger partial charge in [0.1, 0.15) is 12.1 Å². The number of nitrogens with one attached hydrogen (secondary N) is 2. The molecule has 2 aromatic carbocycles. The van der Waals surface area contributed by atoms with Crippen molar-refractivity contribution in [2.45, 2.75) is 60.6 Å². The summed E-state index contributed by atoms with van der Waals surface area (Å²) in [7, 11) is -4.20. The summed E-state index contributed by atoms with van der Waals surface area (Å²) in [5.41, 5.74) is 1.14. The highest BCUT2D eigenvalue weighted by Crippen LogP contribution is 2.38. The molecule has 46 heavy (non-hydrogen) atoms. The van der Waals surface area contributed by atoms with Gasteiger partial charge in [-0.15, -0.1) is 0 Å². The molecule has 1 aromatic heterocycles. The third kappa shape index (κ3) is 8.57. The van der Waals surface area contributed by atoms with E-state index in [2.05, 4.69) is 15.6 Å². The Kier molecular flexibility index (Phi) is 11.0. The van der Waals surface area contributed by atoms with E-state index in [0.29, 0.717) is 11.3 Å². The topological polar surface area (TPSA) is 170 Å². The Morgan fingerprint density at radius 2 is 1.78 bits per heavy atom. The molecule has 2 amide bonds. The molecule has 15 heteroatoms. The maximum Gasteiger partial charge on any atom is 0.326 e. The molecule has 0 aliphatic carbocycles. The number of pyridine rings is 1. The number of hydrogen-bond donors (Lipinski definition) is 3. The van der Waals surface area contributed by atoms with Crippen LogP contribution in [0.15, 0.2) is 65.8 Å². The number of sulfonamides is 1. The van der Waals surface area contributed by atoms with Gasteiger partial charge in [0.25, 0.3) is 5.91 Å². The van der Waals surface area contributed by atoms with Crippen LogP contribution in [0.1, 0.15) is 48.7 Å². The van der Waals surface area contributed by atoms with Crippen LogP contribution in [0, 0.1) is 11.3 Å². The number of nitrogens with zero attached hydrogens (tertiary/aromatic N) is 3. The molecule has 1 saturated heterocycles. The van der Waals surface area contributed by atoms with Gasteiger partial charge in [0.15, 0.2) is 0 Å². The summed E-state index contributed by atoms with van der Waals surface area (Å²) in [5.74, 6) is -2.60. The summed E-state index contributed by atoms with van der Waals surface area (Å²) in [5, 5.41) is 24.4. The van der Waals surface area contributed by atoms with Gasteiger partial charge >= 0.3 is 5.97 Å². The van der Waals surface area contributed by atoms with Crippen molar-refractivity contribution in [1.29, 1.82) is 5.26 Å². The van der Waals surface area contributed by atoms with Crippen molar-refractivity contribution in [3.8, 4) is 6.07 Å². The minimum absolute atomic E-state index is 0.0416. The average Bonchev–Trinajstić information content (AvgIpc) is 3.41. The normalized spacial score (nSPS) is 17.6. The van der Waals surface area contributed by atoms with Gasteiger partial charge in [0, 0.05) is 41.0 Å². The van der Waals surface area contributed by atoms with Crippen LogP contribution in [0.2, 0.25) is 10.0 Å². The Morgan fingerprint density at radius 1 is 1.13 bits per heavy atom. The van der Waals surface area contributed by atoms with Crippen molar-refractivity contribution >= 4 is 68.5 Å². The molecule has 0 radical (unpaired) electrons. The van der Waals surface area contributed by atoms with Gasteiger partial charge in [-0.3, -0.25) is 14.6 Å². The predicted octanol–water partition coefficient (Wildman–Crippen LogP) is 4.99. The Labute approximate surface area is 281 Å². The number of aliphatic carboxylic acids is 1. The number of benzene rings is 2. The lowest BCUT2D eigenvalue weighted by atomic mass is 10.0. The number of halogens is 2. The van der Waals surface area contributed by atoms with Crippen molar-refractivity contribution in [2.24, 2.45) is 0 Å². The van der Waals surface area contributed by atoms with Gasteiger partial charge in [-0.25, -0.2) is 13.2 Å². The van der Waals surface area contributed by atoms with E-state index in [-0.39, 0.29) is 55.5 Å². The fourth-order valence-corrected chi connectivity index (χ4v) is 8.80. The van der Waals surface area contributed by atoms with E-state index < -0.39 is 39.9 Å². The van der Waals surface area contributed by atoms with Crippen molar-refractivity contribution in [1.82, 2.24) is 14.6 Å². The molecule has 1 aliphatic heterocycles. The van der Waals surface area contributed by atoms with Crippen LogP contribution in [0.4, 0.5) is 5.69 Å². The zero-order valence-corrected chi connectivity index (χ0v) is 28.2. The van der Waals surface area contributed by atoms with E-state index in [9.17, 15) is 33.2 Å². The monoisotopic (exact) mass is 703 g/mol. The molecule has 11 nitrogen and oxygen atoms in total.